The Labute approximate surface area is 223 Å². The van der Waals surface area contributed by atoms with Crippen LogP contribution in [0.5, 0.6) is 5.75 Å². The van der Waals surface area contributed by atoms with Crippen LogP contribution in [0.3, 0.4) is 0 Å². The molecule has 3 aromatic carbocycles. The Kier molecular flexibility index (Phi) is 8.90. The number of rotatable bonds is 8. The van der Waals surface area contributed by atoms with Crippen LogP contribution in [0, 0.1) is 11.6 Å². The molecule has 0 radical (unpaired) electrons. The fourth-order valence-corrected chi connectivity index (χ4v) is 6.28. The van der Waals surface area contributed by atoms with Crippen molar-refractivity contribution in [2.45, 2.75) is 54.7 Å². The SMILES string of the molecule is CN=S(=O)(NC1CCCC(NC(c2ccc(F)cc2)c2ccc(F)cc2)C1O)c1ccc(OC(F)(F)F)cc1. The van der Waals surface area contributed by atoms with Crippen molar-refractivity contribution in [1.82, 2.24) is 10.0 Å². The van der Waals surface area contributed by atoms with Gasteiger partial charge in [0.2, 0.25) is 0 Å². The second-order valence-corrected chi connectivity index (χ2v) is 11.3. The summed E-state index contributed by atoms with van der Waals surface area (Å²) in [4.78, 5) is 0.136. The van der Waals surface area contributed by atoms with Crippen LogP contribution in [0.15, 0.2) is 82.1 Å². The van der Waals surface area contributed by atoms with Crippen LogP contribution in [-0.2, 0) is 9.92 Å². The summed E-state index contributed by atoms with van der Waals surface area (Å²) in [6.07, 6.45) is -4.18. The lowest BCUT2D eigenvalue weighted by Crippen LogP contribution is -2.56. The van der Waals surface area contributed by atoms with Gasteiger partial charge in [-0.15, -0.1) is 13.2 Å². The maximum absolute atomic E-state index is 13.7. The lowest BCUT2D eigenvalue weighted by atomic mass is 9.87. The first-order valence-corrected chi connectivity index (χ1v) is 13.7. The van der Waals surface area contributed by atoms with E-state index in [2.05, 4.69) is 19.1 Å². The highest BCUT2D eigenvalue weighted by Crippen LogP contribution is 2.29. The highest BCUT2D eigenvalue weighted by Gasteiger charge is 2.36. The van der Waals surface area contributed by atoms with Gasteiger partial charge in [-0.3, -0.25) is 0 Å². The molecule has 4 rings (SSSR count). The monoisotopic (exact) mass is 569 g/mol. The first-order chi connectivity index (χ1) is 18.5. The minimum absolute atomic E-state index is 0.136. The summed E-state index contributed by atoms with van der Waals surface area (Å²) in [6.45, 7) is 0. The number of benzene rings is 3. The number of aliphatic hydroxyl groups is 1. The first kappa shape index (κ1) is 28.9. The Morgan fingerprint density at radius 2 is 1.41 bits per heavy atom. The molecule has 0 heterocycles. The van der Waals surface area contributed by atoms with Crippen LogP contribution < -0.4 is 14.8 Å². The van der Waals surface area contributed by atoms with Gasteiger partial charge in [0.25, 0.3) is 0 Å². The molecule has 3 aromatic rings. The summed E-state index contributed by atoms with van der Waals surface area (Å²) in [5, 5.41) is 14.7. The number of ether oxygens (including phenoxy) is 1. The number of nitrogens with zero attached hydrogens (tertiary/aromatic N) is 1. The number of halogens is 5. The fourth-order valence-electron chi connectivity index (χ4n) is 4.66. The number of aliphatic hydroxyl groups excluding tert-OH is 1. The molecule has 3 N–H and O–H groups in total. The molecule has 39 heavy (non-hydrogen) atoms. The molecular weight excluding hydrogens is 541 g/mol. The van der Waals surface area contributed by atoms with Gasteiger partial charge in [0.15, 0.2) is 0 Å². The van der Waals surface area contributed by atoms with Crippen LogP contribution >= 0.6 is 0 Å². The van der Waals surface area contributed by atoms with Gasteiger partial charge in [0.1, 0.15) is 27.3 Å². The van der Waals surface area contributed by atoms with Crippen LogP contribution in [-0.4, -0.2) is 40.9 Å². The quantitative estimate of drug-likeness (QED) is 0.314. The van der Waals surface area contributed by atoms with Gasteiger partial charge < -0.3 is 15.2 Å². The first-order valence-electron chi connectivity index (χ1n) is 12.2. The Bertz CT molecular complexity index is 1310. The molecule has 6 nitrogen and oxygen atoms in total. The third-order valence-electron chi connectivity index (χ3n) is 6.59. The third kappa shape index (κ3) is 7.33. The molecular formula is C27H28F5N3O3S. The molecule has 0 saturated heterocycles. The highest BCUT2D eigenvalue weighted by molar-refractivity contribution is 7.91. The average Bonchev–Trinajstić information content (AvgIpc) is 2.90. The van der Waals surface area contributed by atoms with Crippen molar-refractivity contribution in [3.8, 4) is 5.75 Å². The maximum atomic E-state index is 13.7. The van der Waals surface area contributed by atoms with E-state index in [4.69, 9.17) is 0 Å². The van der Waals surface area contributed by atoms with Crippen molar-refractivity contribution < 1.29 is 36.0 Å². The molecule has 1 fully saturated rings. The van der Waals surface area contributed by atoms with Crippen molar-refractivity contribution in [1.29, 1.82) is 0 Å². The van der Waals surface area contributed by atoms with Gasteiger partial charge in [-0.25, -0.2) is 22.1 Å². The van der Waals surface area contributed by atoms with Gasteiger partial charge >= 0.3 is 6.36 Å². The topological polar surface area (TPSA) is 83.0 Å². The van der Waals surface area contributed by atoms with Crippen LogP contribution in [0.1, 0.15) is 36.4 Å². The maximum Gasteiger partial charge on any atom is 0.573 e. The molecule has 0 spiro atoms. The largest absolute Gasteiger partial charge is 0.573 e. The van der Waals surface area contributed by atoms with E-state index in [9.17, 15) is 31.3 Å². The Morgan fingerprint density at radius 3 is 1.90 bits per heavy atom. The Balaban J connectivity index is 1.54. The van der Waals surface area contributed by atoms with Crippen molar-refractivity contribution >= 4 is 9.92 Å². The second kappa shape index (κ2) is 12.0. The highest BCUT2D eigenvalue weighted by atomic mass is 32.2. The lowest BCUT2D eigenvalue weighted by Gasteiger charge is -2.38. The molecule has 1 aliphatic carbocycles. The van der Waals surface area contributed by atoms with Gasteiger partial charge in [-0.05, 0) is 72.5 Å². The predicted octanol–water partition coefficient (Wildman–Crippen LogP) is 5.49. The average molecular weight is 570 g/mol. The fraction of sp³-hybridized carbons (Fsp3) is 0.333. The molecule has 0 amide bonds. The summed E-state index contributed by atoms with van der Waals surface area (Å²) in [6, 6.07) is 14.6. The molecule has 4 atom stereocenters. The Hall–Kier alpha value is -3.06. The number of alkyl halides is 3. The van der Waals surface area contributed by atoms with Crippen LogP contribution in [0.2, 0.25) is 0 Å². The number of hydrogen-bond acceptors (Lipinski definition) is 5. The summed E-state index contributed by atoms with van der Waals surface area (Å²) >= 11 is 0. The number of hydrogen-bond donors (Lipinski definition) is 3. The van der Waals surface area contributed by atoms with Crippen LogP contribution in [0.25, 0.3) is 0 Å². The number of nitrogens with one attached hydrogen (secondary N) is 2. The van der Waals surface area contributed by atoms with E-state index in [1.807, 2.05) is 0 Å². The van der Waals surface area contributed by atoms with E-state index < -0.39 is 57.9 Å². The smallest absolute Gasteiger partial charge is 0.406 e. The van der Waals surface area contributed by atoms with E-state index in [1.165, 1.54) is 43.4 Å². The normalized spacial score (nSPS) is 21.4. The lowest BCUT2D eigenvalue weighted by molar-refractivity contribution is -0.274. The van der Waals surface area contributed by atoms with Gasteiger partial charge in [0, 0.05) is 19.1 Å². The van der Waals surface area contributed by atoms with Crippen molar-refractivity contribution in [3.63, 3.8) is 0 Å². The second-order valence-electron chi connectivity index (χ2n) is 9.18. The zero-order valence-electron chi connectivity index (χ0n) is 20.9. The van der Waals surface area contributed by atoms with E-state index in [0.717, 1.165) is 12.1 Å². The van der Waals surface area contributed by atoms with Gasteiger partial charge in [0.05, 0.1) is 17.0 Å². The molecule has 12 heteroatoms. The van der Waals surface area contributed by atoms with Gasteiger partial charge in [-0.2, -0.15) is 0 Å². The minimum Gasteiger partial charge on any atom is -0.406 e. The molecule has 0 aliphatic heterocycles. The molecule has 1 saturated carbocycles. The molecule has 210 valence electrons. The zero-order valence-corrected chi connectivity index (χ0v) is 21.7. The summed E-state index contributed by atoms with van der Waals surface area (Å²) in [5.74, 6) is -1.28. The predicted molar refractivity (Wildman–Crippen MR) is 136 cm³/mol. The minimum atomic E-state index is -4.86. The Morgan fingerprint density at radius 1 is 0.897 bits per heavy atom. The van der Waals surface area contributed by atoms with Crippen molar-refractivity contribution in [3.05, 3.63) is 95.6 Å². The van der Waals surface area contributed by atoms with E-state index in [1.54, 1.807) is 24.3 Å². The molecule has 0 bridgehead atoms. The molecule has 0 aromatic heterocycles. The molecule has 1 aliphatic rings. The molecule has 4 unspecified atom stereocenters. The van der Waals surface area contributed by atoms with Crippen molar-refractivity contribution in [2.75, 3.05) is 7.05 Å². The summed E-state index contributed by atoms with van der Waals surface area (Å²) < 4.78 is 89.1. The zero-order chi connectivity index (χ0) is 28.2. The van der Waals surface area contributed by atoms with E-state index in [0.29, 0.717) is 30.4 Å². The van der Waals surface area contributed by atoms with Gasteiger partial charge in [-0.1, -0.05) is 30.7 Å². The standard InChI is InChI=1S/C27H28F5N3O3S/c1-33-39(37,22-15-13-21(14-16-22)38-27(30,31)32)35-24-4-2-3-23(26(24)36)34-25(17-5-9-19(28)10-6-17)18-7-11-20(29)12-8-18/h5-16,23-26,34,36H,2-4H2,1H3,(H,33,35,37). The third-order valence-corrected chi connectivity index (χ3v) is 8.63. The van der Waals surface area contributed by atoms with Crippen LogP contribution in [0.4, 0.5) is 22.0 Å². The van der Waals surface area contributed by atoms with E-state index in [-0.39, 0.29) is 4.90 Å². The van der Waals surface area contributed by atoms with E-state index >= 15 is 0 Å². The van der Waals surface area contributed by atoms with Crippen molar-refractivity contribution in [2.24, 2.45) is 4.36 Å². The summed E-state index contributed by atoms with van der Waals surface area (Å²) in [5.41, 5.74) is 1.41. The summed E-state index contributed by atoms with van der Waals surface area (Å²) in [7, 11) is -1.98.